The fourth-order valence-corrected chi connectivity index (χ4v) is 1.60. The van der Waals surface area contributed by atoms with Crippen molar-refractivity contribution in [3.8, 4) is 0 Å². The molecule has 0 aliphatic rings. The molecule has 1 aromatic heterocycles. The fraction of sp³-hybridized carbons (Fsp3) is 0.667. The molecule has 0 saturated heterocycles. The molecule has 0 aliphatic heterocycles. The van der Waals surface area contributed by atoms with Crippen LogP contribution in [0.4, 0.5) is 0 Å². The molecule has 0 spiro atoms. The Morgan fingerprint density at radius 2 is 1.71 bits per heavy atom. The zero-order valence-corrected chi connectivity index (χ0v) is 12.1. The lowest BCUT2D eigenvalue weighted by atomic mass is 9.91. The van der Waals surface area contributed by atoms with E-state index in [-0.39, 0.29) is 11.0 Å². The third kappa shape index (κ3) is 5.31. The Balaban J connectivity index is 2.52. The van der Waals surface area contributed by atoms with Gasteiger partial charge in [0.15, 0.2) is 0 Å². The summed E-state index contributed by atoms with van der Waals surface area (Å²) in [6, 6.07) is 4.34. The molecule has 1 N–H and O–H groups in total. The van der Waals surface area contributed by atoms with Gasteiger partial charge in [-0.15, -0.1) is 0 Å². The maximum Gasteiger partial charge on any atom is 0.0457 e. The lowest BCUT2D eigenvalue weighted by Crippen LogP contribution is -2.37. The normalized spacial score (nSPS) is 12.8. The average Bonchev–Trinajstić information content (AvgIpc) is 2.15. The zero-order valence-electron chi connectivity index (χ0n) is 12.1. The molecule has 1 heterocycles. The van der Waals surface area contributed by atoms with Gasteiger partial charge in [-0.25, -0.2) is 0 Å². The summed E-state index contributed by atoms with van der Waals surface area (Å²) in [4.78, 5) is 4.54. The van der Waals surface area contributed by atoms with Crippen molar-refractivity contribution >= 4 is 0 Å². The largest absolute Gasteiger partial charge is 0.312 e. The molecule has 1 rings (SSSR count). The van der Waals surface area contributed by atoms with E-state index in [4.69, 9.17) is 0 Å². The molecule has 17 heavy (non-hydrogen) atoms. The van der Waals surface area contributed by atoms with Gasteiger partial charge in [0.2, 0.25) is 0 Å². The van der Waals surface area contributed by atoms with Gasteiger partial charge in [-0.05, 0) is 45.4 Å². The molecule has 2 nitrogen and oxygen atoms in total. The minimum atomic E-state index is 0.141. The van der Waals surface area contributed by atoms with Crippen LogP contribution < -0.4 is 5.32 Å². The van der Waals surface area contributed by atoms with Crippen LogP contribution in [0.2, 0.25) is 0 Å². The summed E-state index contributed by atoms with van der Waals surface area (Å²) in [6.07, 6.45) is 3.04. The molecule has 2 heteroatoms. The SMILES string of the molecule is CC(C)(C)NCCc1ccc(C(C)(C)C)nc1. The Morgan fingerprint density at radius 1 is 1.06 bits per heavy atom. The number of rotatable bonds is 3. The first-order valence-corrected chi connectivity index (χ1v) is 6.39. The summed E-state index contributed by atoms with van der Waals surface area (Å²) in [5.41, 5.74) is 2.79. The maximum absolute atomic E-state index is 4.54. The third-order valence-electron chi connectivity index (χ3n) is 2.66. The first-order valence-electron chi connectivity index (χ1n) is 6.39. The van der Waals surface area contributed by atoms with Crippen LogP contribution in [-0.4, -0.2) is 17.1 Å². The predicted octanol–water partition coefficient (Wildman–Crippen LogP) is 3.31. The highest BCUT2D eigenvalue weighted by Gasteiger charge is 2.14. The molecule has 0 bridgehead atoms. The topological polar surface area (TPSA) is 24.9 Å². The van der Waals surface area contributed by atoms with E-state index in [1.54, 1.807) is 0 Å². The van der Waals surface area contributed by atoms with Gasteiger partial charge in [-0.1, -0.05) is 26.8 Å². The fourth-order valence-electron chi connectivity index (χ4n) is 1.60. The van der Waals surface area contributed by atoms with Crippen molar-refractivity contribution in [3.63, 3.8) is 0 Å². The lowest BCUT2D eigenvalue weighted by Gasteiger charge is -2.21. The number of pyridine rings is 1. The summed E-state index contributed by atoms with van der Waals surface area (Å²) in [5, 5.41) is 3.49. The molecule has 96 valence electrons. The van der Waals surface area contributed by atoms with Crippen LogP contribution in [0.1, 0.15) is 52.8 Å². The number of nitrogens with one attached hydrogen (secondary N) is 1. The summed E-state index contributed by atoms with van der Waals surface area (Å²) in [5.74, 6) is 0. The van der Waals surface area contributed by atoms with E-state index in [9.17, 15) is 0 Å². The van der Waals surface area contributed by atoms with Crippen molar-refractivity contribution in [2.24, 2.45) is 0 Å². The van der Waals surface area contributed by atoms with E-state index < -0.39 is 0 Å². The van der Waals surface area contributed by atoms with Crippen LogP contribution in [0.15, 0.2) is 18.3 Å². The van der Waals surface area contributed by atoms with E-state index in [1.807, 2.05) is 6.20 Å². The minimum Gasteiger partial charge on any atom is -0.312 e. The van der Waals surface area contributed by atoms with Crippen molar-refractivity contribution in [1.29, 1.82) is 0 Å². The quantitative estimate of drug-likeness (QED) is 0.868. The highest BCUT2D eigenvalue weighted by atomic mass is 14.9. The number of hydrogen-bond donors (Lipinski definition) is 1. The summed E-state index contributed by atoms with van der Waals surface area (Å²) < 4.78 is 0. The van der Waals surface area contributed by atoms with Gasteiger partial charge in [0.25, 0.3) is 0 Å². The molecule has 0 amide bonds. The summed E-state index contributed by atoms with van der Waals surface area (Å²) >= 11 is 0. The molecule has 0 aromatic carbocycles. The van der Waals surface area contributed by atoms with Crippen LogP contribution in [0.5, 0.6) is 0 Å². The second-order valence-corrected chi connectivity index (χ2v) is 6.73. The van der Waals surface area contributed by atoms with Crippen molar-refractivity contribution in [3.05, 3.63) is 29.6 Å². The second kappa shape index (κ2) is 5.18. The molecular weight excluding hydrogens is 208 g/mol. The van der Waals surface area contributed by atoms with Gasteiger partial charge in [0, 0.05) is 22.8 Å². The van der Waals surface area contributed by atoms with Crippen LogP contribution >= 0.6 is 0 Å². The molecule has 0 saturated carbocycles. The third-order valence-corrected chi connectivity index (χ3v) is 2.66. The van der Waals surface area contributed by atoms with Gasteiger partial charge < -0.3 is 5.32 Å². The van der Waals surface area contributed by atoms with Crippen LogP contribution in [0.3, 0.4) is 0 Å². The van der Waals surface area contributed by atoms with Crippen LogP contribution in [-0.2, 0) is 11.8 Å². The highest BCUT2D eigenvalue weighted by molar-refractivity contribution is 5.19. The minimum absolute atomic E-state index is 0.141. The van der Waals surface area contributed by atoms with Crippen molar-refractivity contribution in [2.75, 3.05) is 6.54 Å². The van der Waals surface area contributed by atoms with Gasteiger partial charge in [0.05, 0.1) is 0 Å². The van der Waals surface area contributed by atoms with E-state index in [2.05, 4.69) is 64.0 Å². The van der Waals surface area contributed by atoms with Crippen molar-refractivity contribution in [1.82, 2.24) is 10.3 Å². The Labute approximate surface area is 106 Å². The van der Waals surface area contributed by atoms with E-state index in [0.717, 1.165) is 18.7 Å². The zero-order chi connectivity index (χ0) is 13.1. The van der Waals surface area contributed by atoms with E-state index in [0.29, 0.717) is 0 Å². The van der Waals surface area contributed by atoms with E-state index in [1.165, 1.54) is 5.56 Å². The van der Waals surface area contributed by atoms with Gasteiger partial charge in [0.1, 0.15) is 0 Å². The van der Waals surface area contributed by atoms with Gasteiger partial charge in [-0.3, -0.25) is 4.98 Å². The van der Waals surface area contributed by atoms with Crippen molar-refractivity contribution in [2.45, 2.75) is 58.9 Å². The Hall–Kier alpha value is -0.890. The molecule has 0 atom stereocenters. The van der Waals surface area contributed by atoms with Crippen LogP contribution in [0.25, 0.3) is 0 Å². The van der Waals surface area contributed by atoms with Gasteiger partial charge >= 0.3 is 0 Å². The standard InChI is InChI=1S/C15H26N2/c1-14(2,3)13-8-7-12(11-16-13)9-10-17-15(4,5)6/h7-8,11,17H,9-10H2,1-6H3. The first-order chi connectivity index (χ1) is 7.68. The molecule has 0 aliphatic carbocycles. The lowest BCUT2D eigenvalue weighted by molar-refractivity contribution is 0.429. The number of nitrogens with zero attached hydrogens (tertiary/aromatic N) is 1. The van der Waals surface area contributed by atoms with Crippen molar-refractivity contribution < 1.29 is 0 Å². The Bertz CT molecular complexity index is 339. The first kappa shape index (κ1) is 14.2. The summed E-state index contributed by atoms with van der Waals surface area (Å²) in [6.45, 7) is 14.1. The van der Waals surface area contributed by atoms with E-state index >= 15 is 0 Å². The Kier molecular flexibility index (Phi) is 4.31. The number of aromatic nitrogens is 1. The molecule has 0 unspecified atom stereocenters. The molecule has 1 aromatic rings. The van der Waals surface area contributed by atoms with Gasteiger partial charge in [-0.2, -0.15) is 0 Å². The molecule has 0 radical (unpaired) electrons. The predicted molar refractivity (Wildman–Crippen MR) is 74.4 cm³/mol. The molecule has 0 fully saturated rings. The second-order valence-electron chi connectivity index (χ2n) is 6.73. The Morgan fingerprint density at radius 3 is 2.12 bits per heavy atom. The molecular formula is C15H26N2. The average molecular weight is 234 g/mol. The highest BCUT2D eigenvalue weighted by Crippen LogP contribution is 2.19. The monoisotopic (exact) mass is 234 g/mol. The van der Waals surface area contributed by atoms with Crippen LogP contribution in [0, 0.1) is 0 Å². The maximum atomic E-state index is 4.54. The summed E-state index contributed by atoms with van der Waals surface area (Å²) in [7, 11) is 0. The number of hydrogen-bond acceptors (Lipinski definition) is 2. The smallest absolute Gasteiger partial charge is 0.0457 e.